The molecule has 5 rings (SSSR count). The van der Waals surface area contributed by atoms with Gasteiger partial charge in [0.15, 0.2) is 12.4 Å². The molecule has 4 aliphatic rings. The summed E-state index contributed by atoms with van der Waals surface area (Å²) >= 11 is 0. The first-order valence-electron chi connectivity index (χ1n) is 9.22. The number of nitrogens with zero attached hydrogens (tertiary/aromatic N) is 1. The fourth-order valence-electron chi connectivity index (χ4n) is 5.63. The van der Waals surface area contributed by atoms with E-state index in [1.807, 2.05) is 0 Å². The maximum absolute atomic E-state index is 12.5. The van der Waals surface area contributed by atoms with Crippen LogP contribution in [0.4, 0.5) is 5.69 Å². The van der Waals surface area contributed by atoms with E-state index in [0.29, 0.717) is 5.75 Å². The summed E-state index contributed by atoms with van der Waals surface area (Å²) in [7, 11) is 1.44. The van der Waals surface area contributed by atoms with Crippen molar-refractivity contribution >= 4 is 11.6 Å². The molecular formula is C19H24N2O5. The molecule has 0 aromatic heterocycles. The third-order valence-electron chi connectivity index (χ3n) is 6.16. The number of benzene rings is 1. The van der Waals surface area contributed by atoms with E-state index in [1.165, 1.54) is 38.5 Å². The highest BCUT2D eigenvalue weighted by atomic mass is 16.6. The standard InChI is InChI=1S/C19H24N2O5/c1-25-15-2-3-17(16(7-15)21(23)24)26-11-18(22)20-19-8-12-4-13(9-19)6-14(5-12)10-19/h2-3,7,12-14H,4-6,8-11H2,1H3,(H,20,22). The zero-order valence-electron chi connectivity index (χ0n) is 14.9. The van der Waals surface area contributed by atoms with Crippen LogP contribution in [0.1, 0.15) is 38.5 Å². The van der Waals surface area contributed by atoms with Crippen LogP contribution in [0.25, 0.3) is 0 Å². The van der Waals surface area contributed by atoms with Crippen molar-refractivity contribution < 1.29 is 19.2 Å². The largest absolute Gasteiger partial charge is 0.496 e. The Bertz CT molecular complexity index is 697. The second-order valence-electron chi connectivity index (χ2n) is 8.13. The zero-order valence-corrected chi connectivity index (χ0v) is 14.9. The van der Waals surface area contributed by atoms with Crippen molar-refractivity contribution in [2.45, 2.75) is 44.1 Å². The molecular weight excluding hydrogens is 336 g/mol. The fourth-order valence-corrected chi connectivity index (χ4v) is 5.63. The lowest BCUT2D eigenvalue weighted by Gasteiger charge is -2.56. The van der Waals surface area contributed by atoms with E-state index in [-0.39, 0.29) is 29.5 Å². The molecule has 4 fully saturated rings. The second-order valence-corrected chi connectivity index (χ2v) is 8.13. The first-order chi connectivity index (χ1) is 12.5. The Kier molecular flexibility index (Phi) is 4.25. The van der Waals surface area contributed by atoms with E-state index < -0.39 is 4.92 Å². The lowest BCUT2D eigenvalue weighted by atomic mass is 9.53. The molecule has 140 valence electrons. The van der Waals surface area contributed by atoms with Gasteiger partial charge in [-0.3, -0.25) is 14.9 Å². The van der Waals surface area contributed by atoms with Crippen LogP contribution in [0.2, 0.25) is 0 Å². The van der Waals surface area contributed by atoms with Gasteiger partial charge in [-0.1, -0.05) is 0 Å². The molecule has 0 saturated heterocycles. The molecule has 26 heavy (non-hydrogen) atoms. The van der Waals surface area contributed by atoms with Crippen LogP contribution >= 0.6 is 0 Å². The maximum atomic E-state index is 12.5. The van der Waals surface area contributed by atoms with Gasteiger partial charge in [-0.25, -0.2) is 0 Å². The monoisotopic (exact) mass is 360 g/mol. The van der Waals surface area contributed by atoms with Crippen molar-refractivity contribution in [2.24, 2.45) is 17.8 Å². The number of carbonyl (C=O) groups excluding carboxylic acids is 1. The van der Waals surface area contributed by atoms with E-state index >= 15 is 0 Å². The van der Waals surface area contributed by atoms with Gasteiger partial charge in [0.1, 0.15) is 5.75 Å². The Labute approximate surface area is 152 Å². The summed E-state index contributed by atoms with van der Waals surface area (Å²) < 4.78 is 10.5. The molecule has 4 saturated carbocycles. The summed E-state index contributed by atoms with van der Waals surface area (Å²) in [4.78, 5) is 23.1. The third kappa shape index (κ3) is 3.22. The van der Waals surface area contributed by atoms with Crippen molar-refractivity contribution in [1.29, 1.82) is 0 Å². The van der Waals surface area contributed by atoms with Gasteiger partial charge >= 0.3 is 5.69 Å². The first-order valence-corrected chi connectivity index (χ1v) is 9.22. The predicted octanol–water partition coefficient (Wildman–Crippen LogP) is 3.07. The Morgan fingerprint density at radius 2 is 1.85 bits per heavy atom. The number of methoxy groups -OCH3 is 1. The number of rotatable bonds is 6. The van der Waals surface area contributed by atoms with Crippen molar-refractivity contribution in [1.82, 2.24) is 5.32 Å². The Morgan fingerprint density at radius 1 is 1.23 bits per heavy atom. The van der Waals surface area contributed by atoms with E-state index in [1.54, 1.807) is 6.07 Å². The van der Waals surface area contributed by atoms with Gasteiger partial charge in [0.05, 0.1) is 18.1 Å². The van der Waals surface area contributed by atoms with Crippen LogP contribution in [-0.4, -0.2) is 30.1 Å². The molecule has 1 aromatic carbocycles. The molecule has 1 amide bonds. The molecule has 0 heterocycles. The highest BCUT2D eigenvalue weighted by Gasteiger charge is 2.51. The van der Waals surface area contributed by atoms with E-state index in [4.69, 9.17) is 9.47 Å². The van der Waals surface area contributed by atoms with Gasteiger partial charge in [0, 0.05) is 5.54 Å². The van der Waals surface area contributed by atoms with Gasteiger partial charge in [0.2, 0.25) is 0 Å². The Hall–Kier alpha value is -2.31. The van der Waals surface area contributed by atoms with Crippen LogP contribution in [0, 0.1) is 27.9 Å². The van der Waals surface area contributed by atoms with Crippen molar-refractivity contribution in [3.63, 3.8) is 0 Å². The van der Waals surface area contributed by atoms with Gasteiger partial charge < -0.3 is 14.8 Å². The van der Waals surface area contributed by atoms with Gasteiger partial charge in [-0.05, 0) is 68.4 Å². The van der Waals surface area contributed by atoms with E-state index in [0.717, 1.165) is 37.0 Å². The van der Waals surface area contributed by atoms with Crippen LogP contribution in [0.3, 0.4) is 0 Å². The summed E-state index contributed by atoms with van der Waals surface area (Å²) in [5.74, 6) is 2.48. The lowest BCUT2D eigenvalue weighted by Crippen LogP contribution is -2.60. The van der Waals surface area contributed by atoms with Gasteiger partial charge in [0.25, 0.3) is 5.91 Å². The molecule has 0 aliphatic heterocycles. The van der Waals surface area contributed by atoms with Crippen LogP contribution < -0.4 is 14.8 Å². The molecule has 0 spiro atoms. The minimum absolute atomic E-state index is 0.0801. The molecule has 4 bridgehead atoms. The molecule has 1 aromatic rings. The number of nitro benzene ring substituents is 1. The highest BCUT2D eigenvalue weighted by Crippen LogP contribution is 2.55. The zero-order chi connectivity index (χ0) is 18.3. The quantitative estimate of drug-likeness (QED) is 0.622. The van der Waals surface area contributed by atoms with Gasteiger partial charge in [-0.15, -0.1) is 0 Å². The summed E-state index contributed by atoms with van der Waals surface area (Å²) in [5, 5.41) is 14.4. The average molecular weight is 360 g/mol. The third-order valence-corrected chi connectivity index (χ3v) is 6.16. The second kappa shape index (κ2) is 6.45. The summed E-state index contributed by atoms with van der Waals surface area (Å²) in [6.45, 7) is -0.213. The molecule has 1 N–H and O–H groups in total. The van der Waals surface area contributed by atoms with E-state index in [9.17, 15) is 14.9 Å². The summed E-state index contributed by atoms with van der Waals surface area (Å²) in [6.07, 6.45) is 7.12. The normalized spacial score (nSPS) is 31.5. The smallest absolute Gasteiger partial charge is 0.314 e. The van der Waals surface area contributed by atoms with Crippen LogP contribution in [0.15, 0.2) is 18.2 Å². The number of nitrogens with one attached hydrogen (secondary N) is 1. The number of ether oxygens (including phenoxy) is 2. The SMILES string of the molecule is COc1ccc(OCC(=O)NC23CC4CC(CC(C4)C2)C3)c([N+](=O)[O-])c1. The highest BCUT2D eigenvalue weighted by molar-refractivity contribution is 5.78. The molecule has 7 nitrogen and oxygen atoms in total. The summed E-state index contributed by atoms with van der Waals surface area (Å²) in [6, 6.07) is 4.35. The predicted molar refractivity (Wildman–Crippen MR) is 94.2 cm³/mol. The fraction of sp³-hybridized carbons (Fsp3) is 0.632. The molecule has 0 atom stereocenters. The van der Waals surface area contributed by atoms with Crippen LogP contribution in [0.5, 0.6) is 11.5 Å². The molecule has 4 aliphatic carbocycles. The Morgan fingerprint density at radius 3 is 2.38 bits per heavy atom. The number of hydrogen-bond acceptors (Lipinski definition) is 5. The van der Waals surface area contributed by atoms with E-state index in [2.05, 4.69) is 5.32 Å². The number of hydrogen-bond donors (Lipinski definition) is 1. The molecule has 0 unspecified atom stereocenters. The lowest BCUT2D eigenvalue weighted by molar-refractivity contribution is -0.385. The maximum Gasteiger partial charge on any atom is 0.314 e. The van der Waals surface area contributed by atoms with Crippen molar-refractivity contribution in [3.8, 4) is 11.5 Å². The Balaban J connectivity index is 1.40. The average Bonchev–Trinajstić information content (AvgIpc) is 2.58. The summed E-state index contributed by atoms with van der Waals surface area (Å²) in [5.41, 5.74) is -0.284. The minimum atomic E-state index is -0.533. The van der Waals surface area contributed by atoms with Crippen LogP contribution in [-0.2, 0) is 4.79 Å². The number of nitro groups is 1. The topological polar surface area (TPSA) is 90.7 Å². The molecule has 7 heteroatoms. The number of amides is 1. The van der Waals surface area contributed by atoms with Crippen molar-refractivity contribution in [3.05, 3.63) is 28.3 Å². The minimum Gasteiger partial charge on any atom is -0.496 e. The van der Waals surface area contributed by atoms with Crippen molar-refractivity contribution in [2.75, 3.05) is 13.7 Å². The first kappa shape index (κ1) is 17.1. The van der Waals surface area contributed by atoms with Gasteiger partial charge in [-0.2, -0.15) is 0 Å². The number of carbonyl (C=O) groups is 1. The molecule has 0 radical (unpaired) electrons.